The predicted octanol–water partition coefficient (Wildman–Crippen LogP) is 10.8. The molecule has 47 heavy (non-hydrogen) atoms. The second kappa shape index (κ2) is 10.6. The average molecular weight is 601 g/mol. The van der Waals surface area contributed by atoms with Gasteiger partial charge in [0.2, 0.25) is 0 Å². The van der Waals surface area contributed by atoms with Gasteiger partial charge in [-0.2, -0.15) is 5.26 Å². The quantitative estimate of drug-likeness (QED) is 0.202. The van der Waals surface area contributed by atoms with Crippen LogP contribution in [0.4, 0.5) is 0 Å². The minimum absolute atomic E-state index is 0.622. The Morgan fingerprint density at radius 2 is 1.02 bits per heavy atom. The van der Waals surface area contributed by atoms with E-state index in [9.17, 15) is 5.26 Å². The molecule has 0 spiro atoms. The Balaban J connectivity index is 1.25. The Morgan fingerprint density at radius 1 is 0.511 bits per heavy atom. The van der Waals surface area contributed by atoms with Crippen LogP contribution in [0.25, 0.3) is 77.5 Å². The standard InChI is InChI=1S/C43H28N4/c1-28-24-29(27-44)26-31(25-28)43-33(22-23-42(45-43)47-40-16-8-4-12-36(40)37-13-5-9-17-41(37)47)30-18-20-32(21-19-30)46-38-14-6-2-10-34(38)35-11-3-7-15-39(35)46/h2-26H,1H3. The second-order valence-electron chi connectivity index (χ2n) is 12.1. The van der Waals surface area contributed by atoms with Crippen LogP contribution in [-0.4, -0.2) is 14.1 Å². The number of nitriles is 1. The molecule has 3 heterocycles. The van der Waals surface area contributed by atoms with Gasteiger partial charge in [0.05, 0.1) is 39.4 Å². The molecular weight excluding hydrogens is 573 g/mol. The first-order chi connectivity index (χ1) is 23.2. The highest BCUT2D eigenvalue weighted by molar-refractivity contribution is 6.10. The molecule has 0 atom stereocenters. The van der Waals surface area contributed by atoms with E-state index in [4.69, 9.17) is 4.98 Å². The van der Waals surface area contributed by atoms with Gasteiger partial charge in [0.15, 0.2) is 0 Å². The second-order valence-corrected chi connectivity index (χ2v) is 12.1. The summed E-state index contributed by atoms with van der Waals surface area (Å²) in [5.74, 6) is 0.836. The molecule has 0 amide bonds. The van der Waals surface area contributed by atoms with E-state index in [1.807, 2.05) is 19.1 Å². The zero-order valence-electron chi connectivity index (χ0n) is 25.7. The molecule has 0 bridgehead atoms. The lowest BCUT2D eigenvalue weighted by Crippen LogP contribution is -2.01. The molecule has 0 aliphatic rings. The van der Waals surface area contributed by atoms with Crippen molar-refractivity contribution in [2.24, 2.45) is 0 Å². The first-order valence-electron chi connectivity index (χ1n) is 15.8. The number of nitrogens with zero attached hydrogens (tertiary/aromatic N) is 4. The van der Waals surface area contributed by atoms with Crippen molar-refractivity contribution in [3.05, 3.63) is 163 Å². The molecule has 0 saturated carbocycles. The van der Waals surface area contributed by atoms with Crippen LogP contribution in [0.5, 0.6) is 0 Å². The Hall–Kier alpha value is -6.44. The summed E-state index contributed by atoms with van der Waals surface area (Å²) in [6, 6.07) is 55.5. The third kappa shape index (κ3) is 4.25. The molecule has 0 aliphatic heterocycles. The van der Waals surface area contributed by atoms with E-state index in [1.165, 1.54) is 32.6 Å². The van der Waals surface area contributed by atoms with Crippen LogP contribution in [0, 0.1) is 18.3 Å². The monoisotopic (exact) mass is 600 g/mol. The number of hydrogen-bond acceptors (Lipinski definition) is 2. The summed E-state index contributed by atoms with van der Waals surface area (Å²) < 4.78 is 4.57. The fourth-order valence-corrected chi connectivity index (χ4v) is 7.17. The molecule has 9 aromatic rings. The smallest absolute Gasteiger partial charge is 0.138 e. The van der Waals surface area contributed by atoms with Crippen molar-refractivity contribution >= 4 is 43.6 Å². The summed E-state index contributed by atoms with van der Waals surface area (Å²) in [4.78, 5) is 5.38. The maximum atomic E-state index is 9.86. The maximum absolute atomic E-state index is 9.86. The molecule has 0 fully saturated rings. The fourth-order valence-electron chi connectivity index (χ4n) is 7.17. The summed E-state index contributed by atoms with van der Waals surface area (Å²) in [6.07, 6.45) is 0. The highest BCUT2D eigenvalue weighted by Crippen LogP contribution is 2.37. The van der Waals surface area contributed by atoms with E-state index in [0.717, 1.165) is 50.5 Å². The SMILES string of the molecule is Cc1cc(C#N)cc(-c2nc(-n3c4ccccc4c4ccccc43)ccc2-c2ccc(-n3c4ccccc4c4ccccc43)cc2)c1. The zero-order valence-corrected chi connectivity index (χ0v) is 25.7. The van der Waals surface area contributed by atoms with E-state index in [1.54, 1.807) is 0 Å². The Morgan fingerprint density at radius 3 is 1.55 bits per heavy atom. The molecule has 3 aromatic heterocycles. The van der Waals surface area contributed by atoms with E-state index in [2.05, 4.69) is 155 Å². The van der Waals surface area contributed by atoms with Crippen molar-refractivity contribution in [2.45, 2.75) is 6.92 Å². The predicted molar refractivity (Wildman–Crippen MR) is 193 cm³/mol. The number of aryl methyl sites for hydroxylation is 1. The topological polar surface area (TPSA) is 46.5 Å². The minimum atomic E-state index is 0.622. The van der Waals surface area contributed by atoms with Gasteiger partial charge in [-0.25, -0.2) is 4.98 Å². The van der Waals surface area contributed by atoms with Crippen LogP contribution < -0.4 is 0 Å². The van der Waals surface area contributed by atoms with Crippen LogP contribution >= 0.6 is 0 Å². The van der Waals surface area contributed by atoms with E-state index in [-0.39, 0.29) is 0 Å². The molecule has 6 aromatic carbocycles. The molecule has 0 radical (unpaired) electrons. The van der Waals surface area contributed by atoms with Gasteiger partial charge in [-0.3, -0.25) is 4.57 Å². The molecule has 0 aliphatic carbocycles. The van der Waals surface area contributed by atoms with Gasteiger partial charge >= 0.3 is 0 Å². The first-order valence-corrected chi connectivity index (χ1v) is 15.8. The van der Waals surface area contributed by atoms with E-state index < -0.39 is 0 Å². The van der Waals surface area contributed by atoms with Gasteiger partial charge in [0.25, 0.3) is 0 Å². The molecule has 4 nitrogen and oxygen atoms in total. The lowest BCUT2D eigenvalue weighted by Gasteiger charge is -2.15. The van der Waals surface area contributed by atoms with E-state index in [0.29, 0.717) is 5.56 Å². The number of rotatable bonds is 4. The number of fused-ring (bicyclic) bond motifs is 6. The van der Waals surface area contributed by atoms with E-state index >= 15 is 0 Å². The number of para-hydroxylation sites is 4. The van der Waals surface area contributed by atoms with Crippen LogP contribution in [-0.2, 0) is 0 Å². The lowest BCUT2D eigenvalue weighted by atomic mass is 9.96. The largest absolute Gasteiger partial charge is 0.309 e. The van der Waals surface area contributed by atoms with Crippen molar-refractivity contribution < 1.29 is 0 Å². The van der Waals surface area contributed by atoms with Crippen molar-refractivity contribution in [1.29, 1.82) is 5.26 Å². The highest BCUT2D eigenvalue weighted by Gasteiger charge is 2.18. The van der Waals surface area contributed by atoms with Gasteiger partial charge in [0, 0.05) is 38.4 Å². The number of aromatic nitrogens is 3. The molecule has 220 valence electrons. The summed E-state index contributed by atoms with van der Waals surface area (Å²) in [6.45, 7) is 2.03. The van der Waals surface area contributed by atoms with Gasteiger partial charge in [0.1, 0.15) is 5.82 Å². The van der Waals surface area contributed by atoms with Gasteiger partial charge in [-0.05, 0) is 84.8 Å². The zero-order chi connectivity index (χ0) is 31.5. The molecule has 0 saturated heterocycles. The Labute approximate surface area is 272 Å². The van der Waals surface area contributed by atoms with Crippen LogP contribution in [0.15, 0.2) is 152 Å². The van der Waals surface area contributed by atoms with Crippen LogP contribution in [0.2, 0.25) is 0 Å². The molecule has 4 heteroatoms. The first kappa shape index (κ1) is 26.9. The van der Waals surface area contributed by atoms with Gasteiger partial charge in [-0.15, -0.1) is 0 Å². The lowest BCUT2D eigenvalue weighted by molar-refractivity contribution is 1.08. The van der Waals surface area contributed by atoms with Crippen molar-refractivity contribution in [2.75, 3.05) is 0 Å². The summed E-state index contributed by atoms with van der Waals surface area (Å²) in [5.41, 5.74) is 11.2. The van der Waals surface area contributed by atoms with Gasteiger partial charge in [-0.1, -0.05) is 84.9 Å². The molecule has 0 N–H and O–H groups in total. The normalized spacial score (nSPS) is 11.5. The molecule has 0 unspecified atom stereocenters. The van der Waals surface area contributed by atoms with Crippen molar-refractivity contribution in [3.8, 4) is 40.0 Å². The maximum Gasteiger partial charge on any atom is 0.138 e. The molecule has 9 rings (SSSR count). The highest BCUT2D eigenvalue weighted by atomic mass is 15.1. The Bertz CT molecular complexity index is 2590. The molecular formula is C43H28N4. The summed E-state index contributed by atoms with van der Waals surface area (Å²) in [7, 11) is 0. The van der Waals surface area contributed by atoms with Gasteiger partial charge < -0.3 is 4.57 Å². The number of hydrogen-bond donors (Lipinski definition) is 0. The Kier molecular flexibility index (Phi) is 6.06. The summed E-state index contributed by atoms with van der Waals surface area (Å²) >= 11 is 0. The number of pyridine rings is 1. The van der Waals surface area contributed by atoms with Crippen LogP contribution in [0.1, 0.15) is 11.1 Å². The number of benzene rings is 6. The van der Waals surface area contributed by atoms with Crippen molar-refractivity contribution in [3.63, 3.8) is 0 Å². The van der Waals surface area contributed by atoms with Crippen molar-refractivity contribution in [1.82, 2.24) is 14.1 Å². The minimum Gasteiger partial charge on any atom is -0.309 e. The summed E-state index contributed by atoms with van der Waals surface area (Å²) in [5, 5.41) is 14.7. The fraction of sp³-hybridized carbons (Fsp3) is 0.0233. The average Bonchev–Trinajstić information content (AvgIpc) is 3.64. The van der Waals surface area contributed by atoms with Crippen LogP contribution in [0.3, 0.4) is 0 Å². The third-order valence-corrected chi connectivity index (χ3v) is 9.19. The third-order valence-electron chi connectivity index (χ3n) is 9.19.